The number of aromatic nitrogens is 2. The topological polar surface area (TPSA) is 38.9 Å². The third kappa shape index (κ3) is 2.69. The molecule has 5 heteroatoms. The van der Waals surface area contributed by atoms with Crippen LogP contribution in [0.2, 0.25) is 5.02 Å². The molecule has 100 valence electrons. The Hall–Kier alpha value is -1.84. The van der Waals surface area contributed by atoms with Crippen molar-refractivity contribution in [1.29, 1.82) is 0 Å². The molecule has 0 amide bonds. The van der Waals surface area contributed by atoms with Crippen LogP contribution in [0.1, 0.15) is 16.8 Å². The minimum Gasteiger partial charge on any atom is -0.419 e. The van der Waals surface area contributed by atoms with Crippen molar-refractivity contribution >= 4 is 23.2 Å². The lowest BCUT2D eigenvalue weighted by atomic mass is 10.1. The van der Waals surface area contributed by atoms with Gasteiger partial charge in [-0.25, -0.2) is 0 Å². The summed E-state index contributed by atoms with van der Waals surface area (Å²) in [4.78, 5) is 0. The molecule has 0 aliphatic heterocycles. The van der Waals surface area contributed by atoms with Gasteiger partial charge in [0.05, 0.1) is 0 Å². The van der Waals surface area contributed by atoms with Crippen molar-refractivity contribution in [3.8, 4) is 11.5 Å². The highest BCUT2D eigenvalue weighted by atomic mass is 35.5. The first-order valence-electron chi connectivity index (χ1n) is 6.02. The summed E-state index contributed by atoms with van der Waals surface area (Å²) in [6, 6.07) is 16.8. The zero-order chi connectivity index (χ0) is 13.9. The van der Waals surface area contributed by atoms with Crippen LogP contribution in [0.15, 0.2) is 59.0 Å². The van der Waals surface area contributed by atoms with E-state index in [2.05, 4.69) is 10.2 Å². The summed E-state index contributed by atoms with van der Waals surface area (Å²) in [5.41, 5.74) is 1.73. The summed E-state index contributed by atoms with van der Waals surface area (Å²) in [6.07, 6.45) is 0. The van der Waals surface area contributed by atoms with Gasteiger partial charge in [-0.05, 0) is 29.8 Å². The van der Waals surface area contributed by atoms with Gasteiger partial charge in [-0.2, -0.15) is 0 Å². The number of rotatable bonds is 3. The molecule has 0 radical (unpaired) electrons. The first-order valence-corrected chi connectivity index (χ1v) is 6.84. The van der Waals surface area contributed by atoms with Crippen LogP contribution < -0.4 is 0 Å². The van der Waals surface area contributed by atoms with Crippen LogP contribution in [0, 0.1) is 0 Å². The fourth-order valence-corrected chi connectivity index (χ4v) is 2.17. The maximum absolute atomic E-state index is 6.34. The standard InChI is InChI=1S/C15H10Cl2N2O/c16-12-8-6-11(7-9-12)14-18-19-15(20-14)13(17)10-4-2-1-3-5-10/h1-9,13H. The Morgan fingerprint density at radius 1 is 0.900 bits per heavy atom. The number of nitrogens with zero attached hydrogens (tertiary/aromatic N) is 2. The largest absolute Gasteiger partial charge is 0.419 e. The van der Waals surface area contributed by atoms with E-state index in [1.807, 2.05) is 42.5 Å². The molecule has 0 spiro atoms. The maximum Gasteiger partial charge on any atom is 0.247 e. The molecular weight excluding hydrogens is 295 g/mol. The Labute approximate surface area is 126 Å². The molecule has 1 heterocycles. The highest BCUT2D eigenvalue weighted by Gasteiger charge is 2.18. The summed E-state index contributed by atoms with van der Waals surface area (Å²) in [5.74, 6) is 0.807. The van der Waals surface area contributed by atoms with Gasteiger partial charge in [0.15, 0.2) is 0 Å². The lowest BCUT2D eigenvalue weighted by molar-refractivity contribution is 0.513. The van der Waals surface area contributed by atoms with Crippen LogP contribution in [-0.2, 0) is 0 Å². The lowest BCUT2D eigenvalue weighted by Gasteiger charge is -2.03. The quantitative estimate of drug-likeness (QED) is 0.657. The van der Waals surface area contributed by atoms with Crippen LogP contribution in [0.25, 0.3) is 11.5 Å². The van der Waals surface area contributed by atoms with Gasteiger partial charge in [0.25, 0.3) is 0 Å². The zero-order valence-corrected chi connectivity index (χ0v) is 11.8. The normalized spacial score (nSPS) is 12.3. The SMILES string of the molecule is Clc1ccc(-c2nnc(C(Cl)c3ccccc3)o2)cc1. The van der Waals surface area contributed by atoms with Crippen LogP contribution in [0.4, 0.5) is 0 Å². The first kappa shape index (κ1) is 13.2. The lowest BCUT2D eigenvalue weighted by Crippen LogP contribution is -1.92. The third-order valence-corrected chi connectivity index (χ3v) is 3.53. The molecule has 1 atom stereocenters. The Morgan fingerprint density at radius 2 is 1.60 bits per heavy atom. The number of benzene rings is 2. The highest BCUT2D eigenvalue weighted by molar-refractivity contribution is 6.30. The average Bonchev–Trinajstić information content (AvgIpc) is 2.98. The zero-order valence-electron chi connectivity index (χ0n) is 10.3. The van der Waals surface area contributed by atoms with Gasteiger partial charge in [-0.3, -0.25) is 0 Å². The monoisotopic (exact) mass is 304 g/mol. The van der Waals surface area contributed by atoms with E-state index in [4.69, 9.17) is 27.6 Å². The van der Waals surface area contributed by atoms with Gasteiger partial charge < -0.3 is 4.42 Å². The number of hydrogen-bond donors (Lipinski definition) is 0. The molecule has 0 saturated heterocycles. The number of halogens is 2. The minimum atomic E-state index is -0.454. The molecule has 20 heavy (non-hydrogen) atoms. The van der Waals surface area contributed by atoms with Crippen LogP contribution >= 0.6 is 23.2 Å². The van der Waals surface area contributed by atoms with Crippen molar-refractivity contribution in [3.05, 3.63) is 71.1 Å². The van der Waals surface area contributed by atoms with Crippen LogP contribution in [0.3, 0.4) is 0 Å². The number of hydrogen-bond acceptors (Lipinski definition) is 3. The van der Waals surface area contributed by atoms with E-state index in [9.17, 15) is 0 Å². The van der Waals surface area contributed by atoms with Gasteiger partial charge in [0, 0.05) is 10.6 Å². The Bertz CT molecular complexity index is 695. The van der Waals surface area contributed by atoms with Gasteiger partial charge in [0.1, 0.15) is 5.38 Å². The maximum atomic E-state index is 6.34. The molecule has 2 aromatic carbocycles. The van der Waals surface area contributed by atoms with E-state index < -0.39 is 5.38 Å². The van der Waals surface area contributed by atoms with Crippen molar-refractivity contribution in [1.82, 2.24) is 10.2 Å². The molecule has 0 N–H and O–H groups in total. The van der Waals surface area contributed by atoms with Gasteiger partial charge in [0.2, 0.25) is 11.8 Å². The Kier molecular flexibility index (Phi) is 3.72. The fourth-order valence-electron chi connectivity index (χ4n) is 1.81. The second-order valence-corrected chi connectivity index (χ2v) is 5.10. The summed E-state index contributed by atoms with van der Waals surface area (Å²) < 4.78 is 5.63. The average molecular weight is 305 g/mol. The van der Waals surface area contributed by atoms with Crippen molar-refractivity contribution in [2.45, 2.75) is 5.38 Å². The van der Waals surface area contributed by atoms with Crippen molar-refractivity contribution < 1.29 is 4.42 Å². The Balaban J connectivity index is 1.89. The number of alkyl halides is 1. The van der Waals surface area contributed by atoms with Crippen molar-refractivity contribution in [2.24, 2.45) is 0 Å². The molecule has 0 aliphatic rings. The minimum absolute atomic E-state index is 0.378. The van der Waals surface area contributed by atoms with Gasteiger partial charge >= 0.3 is 0 Å². The second kappa shape index (κ2) is 5.65. The van der Waals surface area contributed by atoms with Crippen molar-refractivity contribution in [2.75, 3.05) is 0 Å². The van der Waals surface area contributed by atoms with Crippen molar-refractivity contribution in [3.63, 3.8) is 0 Å². The summed E-state index contributed by atoms with van der Waals surface area (Å²) in [6.45, 7) is 0. The second-order valence-electron chi connectivity index (χ2n) is 4.23. The molecule has 0 fully saturated rings. The summed E-state index contributed by atoms with van der Waals surface area (Å²) >= 11 is 12.2. The van der Waals surface area contributed by atoms with Gasteiger partial charge in [-0.15, -0.1) is 21.8 Å². The third-order valence-electron chi connectivity index (χ3n) is 2.84. The van der Waals surface area contributed by atoms with E-state index in [0.717, 1.165) is 11.1 Å². The predicted octanol–water partition coefficient (Wildman–Crippen LogP) is 4.72. The molecule has 3 aromatic rings. The molecular formula is C15H10Cl2N2O. The van der Waals surface area contributed by atoms with Crippen LogP contribution in [0.5, 0.6) is 0 Å². The Morgan fingerprint density at radius 3 is 2.30 bits per heavy atom. The summed E-state index contributed by atoms with van der Waals surface area (Å²) in [5, 5.41) is 8.23. The fraction of sp³-hybridized carbons (Fsp3) is 0.0667. The molecule has 0 bridgehead atoms. The van der Waals surface area contributed by atoms with E-state index >= 15 is 0 Å². The molecule has 3 nitrogen and oxygen atoms in total. The van der Waals surface area contributed by atoms with Gasteiger partial charge in [-0.1, -0.05) is 41.9 Å². The van der Waals surface area contributed by atoms with E-state index in [1.54, 1.807) is 12.1 Å². The molecule has 0 saturated carbocycles. The first-order chi connectivity index (χ1) is 9.74. The summed E-state index contributed by atoms with van der Waals surface area (Å²) in [7, 11) is 0. The molecule has 3 rings (SSSR count). The molecule has 1 unspecified atom stereocenters. The molecule has 1 aromatic heterocycles. The van der Waals surface area contributed by atoms with E-state index in [1.165, 1.54) is 0 Å². The van der Waals surface area contributed by atoms with Crippen LogP contribution in [-0.4, -0.2) is 10.2 Å². The smallest absolute Gasteiger partial charge is 0.247 e. The molecule has 0 aliphatic carbocycles. The predicted molar refractivity (Wildman–Crippen MR) is 78.9 cm³/mol. The van der Waals surface area contributed by atoms with E-state index in [0.29, 0.717) is 16.8 Å². The van der Waals surface area contributed by atoms with E-state index in [-0.39, 0.29) is 0 Å². The highest BCUT2D eigenvalue weighted by Crippen LogP contribution is 2.29.